The van der Waals surface area contributed by atoms with Gasteiger partial charge >= 0.3 is 0 Å². The number of carbonyl (C=O) groups excluding carboxylic acids is 2. The molecular weight excluding hydrogens is 410 g/mol. The monoisotopic (exact) mass is 437 g/mol. The molecule has 32 heavy (non-hydrogen) atoms. The summed E-state index contributed by atoms with van der Waals surface area (Å²) in [6, 6.07) is 11.2. The third-order valence-electron chi connectivity index (χ3n) is 6.23. The van der Waals surface area contributed by atoms with Crippen LogP contribution >= 0.6 is 0 Å². The SMILES string of the molecule is COc1ccc([C@H]2CC(=O)NC3=C2C(=O)C[C@H](c2ccc(OC)c(OC)c2)C3)c(OC)c1. The first-order valence-electron chi connectivity index (χ1n) is 10.5. The zero-order valence-electron chi connectivity index (χ0n) is 18.7. The second-order valence-electron chi connectivity index (χ2n) is 7.95. The molecule has 0 spiro atoms. The Balaban J connectivity index is 1.71. The Bertz CT molecular complexity index is 1090. The van der Waals surface area contributed by atoms with Gasteiger partial charge in [0, 0.05) is 41.7 Å². The fourth-order valence-electron chi connectivity index (χ4n) is 4.67. The van der Waals surface area contributed by atoms with Crippen LogP contribution in [0.15, 0.2) is 47.7 Å². The predicted molar refractivity (Wildman–Crippen MR) is 119 cm³/mol. The van der Waals surface area contributed by atoms with Crippen molar-refractivity contribution in [3.05, 3.63) is 58.8 Å². The highest BCUT2D eigenvalue weighted by atomic mass is 16.5. The number of benzene rings is 2. The van der Waals surface area contributed by atoms with Gasteiger partial charge in [-0.05, 0) is 36.1 Å². The first-order chi connectivity index (χ1) is 15.5. The number of ether oxygens (including phenoxy) is 4. The minimum Gasteiger partial charge on any atom is -0.497 e. The summed E-state index contributed by atoms with van der Waals surface area (Å²) in [7, 11) is 6.33. The van der Waals surface area contributed by atoms with Gasteiger partial charge < -0.3 is 24.3 Å². The lowest BCUT2D eigenvalue weighted by Crippen LogP contribution is -2.38. The van der Waals surface area contributed by atoms with Crippen LogP contribution in [0.4, 0.5) is 0 Å². The van der Waals surface area contributed by atoms with Crippen LogP contribution in [0, 0.1) is 0 Å². The van der Waals surface area contributed by atoms with Gasteiger partial charge in [0.15, 0.2) is 17.3 Å². The number of ketones is 1. The molecule has 0 saturated carbocycles. The molecule has 0 bridgehead atoms. The molecule has 1 N–H and O–H groups in total. The van der Waals surface area contributed by atoms with Gasteiger partial charge in [-0.15, -0.1) is 0 Å². The molecule has 1 amide bonds. The van der Waals surface area contributed by atoms with E-state index in [0.29, 0.717) is 47.1 Å². The van der Waals surface area contributed by atoms with E-state index in [9.17, 15) is 9.59 Å². The fourth-order valence-corrected chi connectivity index (χ4v) is 4.67. The maximum absolute atomic E-state index is 13.4. The molecule has 0 fully saturated rings. The second-order valence-corrected chi connectivity index (χ2v) is 7.95. The molecule has 1 heterocycles. The zero-order chi connectivity index (χ0) is 22.8. The van der Waals surface area contributed by atoms with Crippen molar-refractivity contribution >= 4 is 11.7 Å². The number of methoxy groups -OCH3 is 4. The Morgan fingerprint density at radius 3 is 2.22 bits per heavy atom. The van der Waals surface area contributed by atoms with Gasteiger partial charge in [-0.3, -0.25) is 9.59 Å². The van der Waals surface area contributed by atoms with Crippen molar-refractivity contribution in [1.82, 2.24) is 5.32 Å². The molecule has 2 aromatic rings. The smallest absolute Gasteiger partial charge is 0.225 e. The third-order valence-corrected chi connectivity index (χ3v) is 6.23. The van der Waals surface area contributed by atoms with Crippen molar-refractivity contribution in [2.75, 3.05) is 28.4 Å². The molecule has 0 unspecified atom stereocenters. The maximum Gasteiger partial charge on any atom is 0.225 e. The van der Waals surface area contributed by atoms with Gasteiger partial charge in [-0.1, -0.05) is 12.1 Å². The Kier molecular flexibility index (Phi) is 6.08. The molecule has 2 atom stereocenters. The first kappa shape index (κ1) is 21.7. The van der Waals surface area contributed by atoms with E-state index in [1.807, 2.05) is 30.3 Å². The van der Waals surface area contributed by atoms with Crippen molar-refractivity contribution in [3.8, 4) is 23.0 Å². The highest BCUT2D eigenvalue weighted by molar-refractivity contribution is 6.02. The van der Waals surface area contributed by atoms with Crippen LogP contribution in [0.25, 0.3) is 0 Å². The van der Waals surface area contributed by atoms with E-state index >= 15 is 0 Å². The highest BCUT2D eigenvalue weighted by Gasteiger charge is 2.39. The fraction of sp³-hybridized carbons (Fsp3) is 0.360. The molecule has 7 nitrogen and oxygen atoms in total. The Morgan fingerprint density at radius 1 is 0.781 bits per heavy atom. The van der Waals surface area contributed by atoms with Crippen molar-refractivity contribution in [1.29, 1.82) is 0 Å². The van der Waals surface area contributed by atoms with E-state index in [4.69, 9.17) is 18.9 Å². The Morgan fingerprint density at radius 2 is 1.53 bits per heavy atom. The number of allylic oxidation sites excluding steroid dienone is 2. The van der Waals surface area contributed by atoms with Crippen LogP contribution in [0.3, 0.4) is 0 Å². The summed E-state index contributed by atoms with van der Waals surface area (Å²) in [5.41, 5.74) is 3.15. The standard InChI is InChI=1S/C25H27NO6/c1-29-16-6-7-17(22(12-16)31-3)18-13-24(28)26-19-9-15(10-20(27)25(18)19)14-5-8-21(30-2)23(11-14)32-4/h5-8,11-12,15,18H,9-10,13H2,1-4H3,(H,26,28)/t15-,18-/m1/s1. The lowest BCUT2D eigenvalue weighted by atomic mass is 9.73. The van der Waals surface area contributed by atoms with Crippen LogP contribution in [-0.2, 0) is 9.59 Å². The van der Waals surface area contributed by atoms with E-state index in [2.05, 4.69) is 5.32 Å². The molecule has 4 rings (SSSR count). The average molecular weight is 437 g/mol. The van der Waals surface area contributed by atoms with E-state index < -0.39 is 0 Å². The van der Waals surface area contributed by atoms with Crippen LogP contribution in [-0.4, -0.2) is 40.1 Å². The van der Waals surface area contributed by atoms with Crippen molar-refractivity contribution in [2.45, 2.75) is 31.1 Å². The molecule has 2 aromatic carbocycles. The largest absolute Gasteiger partial charge is 0.497 e. The Hall–Kier alpha value is -3.48. The molecule has 2 aliphatic rings. The van der Waals surface area contributed by atoms with Crippen molar-refractivity contribution in [2.24, 2.45) is 0 Å². The van der Waals surface area contributed by atoms with E-state index in [1.54, 1.807) is 34.5 Å². The van der Waals surface area contributed by atoms with Crippen LogP contribution in [0.2, 0.25) is 0 Å². The van der Waals surface area contributed by atoms with E-state index in [0.717, 1.165) is 11.1 Å². The first-order valence-corrected chi connectivity index (χ1v) is 10.5. The molecule has 168 valence electrons. The van der Waals surface area contributed by atoms with Gasteiger partial charge in [-0.2, -0.15) is 0 Å². The van der Waals surface area contributed by atoms with Gasteiger partial charge in [0.05, 0.1) is 28.4 Å². The second kappa shape index (κ2) is 8.94. The summed E-state index contributed by atoms with van der Waals surface area (Å²) >= 11 is 0. The van der Waals surface area contributed by atoms with Crippen molar-refractivity contribution < 1.29 is 28.5 Å². The van der Waals surface area contributed by atoms with E-state index in [-0.39, 0.29) is 29.9 Å². The minimum absolute atomic E-state index is 0.0360. The molecular formula is C25H27NO6. The number of hydrogen-bond acceptors (Lipinski definition) is 6. The lowest BCUT2D eigenvalue weighted by Gasteiger charge is -2.35. The summed E-state index contributed by atoms with van der Waals surface area (Å²) < 4.78 is 21.6. The summed E-state index contributed by atoms with van der Waals surface area (Å²) in [6.07, 6.45) is 1.13. The average Bonchev–Trinajstić information content (AvgIpc) is 2.82. The van der Waals surface area contributed by atoms with Crippen LogP contribution in [0.5, 0.6) is 23.0 Å². The number of nitrogens with one attached hydrogen (secondary N) is 1. The normalized spacial score (nSPS) is 20.4. The summed E-state index contributed by atoms with van der Waals surface area (Å²) in [5, 5.41) is 2.96. The third kappa shape index (κ3) is 3.90. The number of hydrogen-bond donors (Lipinski definition) is 1. The minimum atomic E-state index is -0.349. The van der Waals surface area contributed by atoms with Gasteiger partial charge in [0.25, 0.3) is 0 Å². The Labute approximate surface area is 187 Å². The molecule has 0 saturated heterocycles. The quantitative estimate of drug-likeness (QED) is 0.742. The molecule has 1 aliphatic heterocycles. The van der Waals surface area contributed by atoms with Gasteiger partial charge in [-0.25, -0.2) is 0 Å². The number of rotatable bonds is 6. The van der Waals surface area contributed by atoms with Gasteiger partial charge in [0.1, 0.15) is 11.5 Å². The highest BCUT2D eigenvalue weighted by Crippen LogP contribution is 2.46. The summed E-state index contributed by atoms with van der Waals surface area (Å²) in [5.74, 6) is 2.04. The molecule has 0 aromatic heterocycles. The number of Topliss-reactive ketones (excluding diaryl/α,β-unsaturated/α-hetero) is 1. The summed E-state index contributed by atoms with van der Waals surface area (Å²) in [6.45, 7) is 0. The van der Waals surface area contributed by atoms with Crippen molar-refractivity contribution in [3.63, 3.8) is 0 Å². The van der Waals surface area contributed by atoms with Gasteiger partial charge in [0.2, 0.25) is 5.91 Å². The lowest BCUT2D eigenvalue weighted by molar-refractivity contribution is -0.122. The topological polar surface area (TPSA) is 83.1 Å². The van der Waals surface area contributed by atoms with E-state index in [1.165, 1.54) is 0 Å². The number of carbonyl (C=O) groups is 2. The van der Waals surface area contributed by atoms with Crippen LogP contribution < -0.4 is 24.3 Å². The number of amides is 1. The molecule has 7 heteroatoms. The van der Waals surface area contributed by atoms with Crippen LogP contribution in [0.1, 0.15) is 42.2 Å². The molecule has 0 radical (unpaired) electrons. The zero-order valence-corrected chi connectivity index (χ0v) is 18.7. The summed E-state index contributed by atoms with van der Waals surface area (Å²) in [4.78, 5) is 26.0. The predicted octanol–water partition coefficient (Wildman–Crippen LogP) is 3.73. The maximum atomic E-state index is 13.4. The molecule has 1 aliphatic carbocycles.